The number of anilines is 1. The van der Waals surface area contributed by atoms with Gasteiger partial charge in [0.2, 0.25) is 0 Å². The van der Waals surface area contributed by atoms with Crippen molar-refractivity contribution in [3.05, 3.63) is 47.9 Å². The molecule has 0 spiro atoms. The number of nitrogens with zero attached hydrogens (tertiary/aromatic N) is 4. The SMILES string of the molecule is CN(CCc1ccccn1)c1ccc(CNC2CC2)nn1. The second kappa shape index (κ2) is 6.63. The van der Waals surface area contributed by atoms with Crippen molar-refractivity contribution in [3.63, 3.8) is 0 Å². The minimum absolute atomic E-state index is 0.701. The highest BCUT2D eigenvalue weighted by Gasteiger charge is 2.20. The second-order valence-corrected chi connectivity index (χ2v) is 5.53. The van der Waals surface area contributed by atoms with E-state index in [-0.39, 0.29) is 0 Å². The van der Waals surface area contributed by atoms with Crippen LogP contribution in [0, 0.1) is 0 Å². The lowest BCUT2D eigenvalue weighted by atomic mass is 10.2. The molecule has 21 heavy (non-hydrogen) atoms. The van der Waals surface area contributed by atoms with Crippen molar-refractivity contribution in [1.29, 1.82) is 0 Å². The van der Waals surface area contributed by atoms with Crippen LogP contribution in [0.3, 0.4) is 0 Å². The summed E-state index contributed by atoms with van der Waals surface area (Å²) in [5.41, 5.74) is 2.10. The van der Waals surface area contributed by atoms with Crippen LogP contribution in [-0.2, 0) is 13.0 Å². The van der Waals surface area contributed by atoms with Gasteiger partial charge in [-0.15, -0.1) is 5.10 Å². The summed E-state index contributed by atoms with van der Waals surface area (Å²) < 4.78 is 0. The van der Waals surface area contributed by atoms with Crippen molar-refractivity contribution < 1.29 is 0 Å². The minimum atomic E-state index is 0.701. The molecule has 3 rings (SSSR count). The lowest BCUT2D eigenvalue weighted by Gasteiger charge is -2.17. The van der Waals surface area contributed by atoms with Crippen LogP contribution in [-0.4, -0.2) is 34.8 Å². The van der Waals surface area contributed by atoms with Crippen molar-refractivity contribution in [3.8, 4) is 0 Å². The minimum Gasteiger partial charge on any atom is -0.358 e. The molecular formula is C16H21N5. The number of likely N-dealkylation sites (N-methyl/N-ethyl adjacent to an activating group) is 1. The van der Waals surface area contributed by atoms with E-state index in [2.05, 4.69) is 31.5 Å². The van der Waals surface area contributed by atoms with Crippen LogP contribution >= 0.6 is 0 Å². The van der Waals surface area contributed by atoms with Gasteiger partial charge in [-0.05, 0) is 37.1 Å². The van der Waals surface area contributed by atoms with Gasteiger partial charge in [0.05, 0.1) is 5.69 Å². The molecule has 0 radical (unpaired) electrons. The molecule has 0 unspecified atom stereocenters. The molecule has 1 aliphatic carbocycles. The van der Waals surface area contributed by atoms with Crippen LogP contribution in [0.2, 0.25) is 0 Å². The molecule has 0 saturated heterocycles. The van der Waals surface area contributed by atoms with Gasteiger partial charge in [0.1, 0.15) is 0 Å². The Morgan fingerprint density at radius 2 is 2.05 bits per heavy atom. The smallest absolute Gasteiger partial charge is 0.150 e. The highest BCUT2D eigenvalue weighted by molar-refractivity contribution is 5.36. The molecule has 110 valence electrons. The quantitative estimate of drug-likeness (QED) is 0.840. The van der Waals surface area contributed by atoms with Gasteiger partial charge in [-0.3, -0.25) is 4.98 Å². The average molecular weight is 283 g/mol. The summed E-state index contributed by atoms with van der Waals surface area (Å²) in [5.74, 6) is 0.904. The Morgan fingerprint density at radius 1 is 1.14 bits per heavy atom. The van der Waals surface area contributed by atoms with E-state index in [0.29, 0.717) is 6.04 Å². The Morgan fingerprint density at radius 3 is 2.71 bits per heavy atom. The molecule has 0 amide bonds. The van der Waals surface area contributed by atoms with Gasteiger partial charge in [-0.2, -0.15) is 5.10 Å². The predicted molar refractivity (Wildman–Crippen MR) is 83.1 cm³/mol. The van der Waals surface area contributed by atoms with E-state index in [1.54, 1.807) is 0 Å². The molecule has 5 nitrogen and oxygen atoms in total. The number of hydrogen-bond acceptors (Lipinski definition) is 5. The van der Waals surface area contributed by atoms with Gasteiger partial charge in [-0.1, -0.05) is 6.07 Å². The van der Waals surface area contributed by atoms with E-state index in [1.165, 1.54) is 12.8 Å². The molecule has 5 heteroatoms. The largest absolute Gasteiger partial charge is 0.358 e. The standard InChI is InChI=1S/C16H21N5/c1-21(11-9-13-4-2-3-10-17-13)16-8-7-15(19-20-16)12-18-14-5-6-14/h2-4,7-8,10,14,18H,5-6,9,11-12H2,1H3. The van der Waals surface area contributed by atoms with Gasteiger partial charge in [0, 0.05) is 44.5 Å². The average Bonchev–Trinajstić information content (AvgIpc) is 3.36. The maximum absolute atomic E-state index is 4.33. The first-order chi connectivity index (χ1) is 10.3. The maximum atomic E-state index is 4.33. The molecule has 0 aromatic carbocycles. The first kappa shape index (κ1) is 13.9. The summed E-state index contributed by atoms with van der Waals surface area (Å²) in [6.45, 7) is 1.70. The number of rotatable bonds is 7. The summed E-state index contributed by atoms with van der Waals surface area (Å²) >= 11 is 0. The Hall–Kier alpha value is -2.01. The molecule has 1 N–H and O–H groups in total. The van der Waals surface area contributed by atoms with Crippen molar-refractivity contribution >= 4 is 5.82 Å². The highest BCUT2D eigenvalue weighted by atomic mass is 15.2. The monoisotopic (exact) mass is 283 g/mol. The van der Waals surface area contributed by atoms with Gasteiger partial charge >= 0.3 is 0 Å². The van der Waals surface area contributed by atoms with Crippen molar-refractivity contribution in [2.75, 3.05) is 18.5 Å². The maximum Gasteiger partial charge on any atom is 0.150 e. The highest BCUT2D eigenvalue weighted by Crippen LogP contribution is 2.19. The lowest BCUT2D eigenvalue weighted by Crippen LogP contribution is -2.22. The Labute approximate surface area is 125 Å². The first-order valence-electron chi connectivity index (χ1n) is 7.48. The number of hydrogen-bond donors (Lipinski definition) is 1. The molecule has 0 atom stereocenters. The third-order valence-corrected chi connectivity index (χ3v) is 3.68. The summed E-state index contributed by atoms with van der Waals surface area (Å²) in [4.78, 5) is 6.45. The van der Waals surface area contributed by atoms with Crippen LogP contribution < -0.4 is 10.2 Å². The summed E-state index contributed by atoms with van der Waals surface area (Å²) in [7, 11) is 2.04. The fourth-order valence-corrected chi connectivity index (χ4v) is 2.13. The fraction of sp³-hybridized carbons (Fsp3) is 0.438. The van der Waals surface area contributed by atoms with Crippen LogP contribution in [0.4, 0.5) is 5.82 Å². The van der Waals surface area contributed by atoms with E-state index < -0.39 is 0 Å². The van der Waals surface area contributed by atoms with Crippen molar-refractivity contribution in [1.82, 2.24) is 20.5 Å². The van der Waals surface area contributed by atoms with E-state index in [1.807, 2.05) is 37.5 Å². The van der Waals surface area contributed by atoms with Crippen LogP contribution in [0.15, 0.2) is 36.5 Å². The summed E-state index contributed by atoms with van der Waals surface area (Å²) in [6.07, 6.45) is 5.32. The molecule has 0 aliphatic heterocycles. The van der Waals surface area contributed by atoms with Gasteiger partial charge in [0.25, 0.3) is 0 Å². The molecule has 1 fully saturated rings. The Balaban J connectivity index is 1.50. The van der Waals surface area contributed by atoms with Crippen LogP contribution in [0.25, 0.3) is 0 Å². The Bertz CT molecular complexity index is 551. The molecule has 2 heterocycles. The molecule has 0 bridgehead atoms. The summed E-state index contributed by atoms with van der Waals surface area (Å²) in [5, 5.41) is 12.0. The lowest BCUT2D eigenvalue weighted by molar-refractivity contribution is 0.664. The van der Waals surface area contributed by atoms with Crippen LogP contribution in [0.1, 0.15) is 24.2 Å². The van der Waals surface area contributed by atoms with Crippen LogP contribution in [0.5, 0.6) is 0 Å². The number of nitrogens with one attached hydrogen (secondary N) is 1. The normalized spacial score (nSPS) is 14.1. The third kappa shape index (κ3) is 4.23. The van der Waals surface area contributed by atoms with E-state index >= 15 is 0 Å². The predicted octanol–water partition coefficient (Wildman–Crippen LogP) is 1.80. The topological polar surface area (TPSA) is 53.9 Å². The molecular weight excluding hydrogens is 262 g/mol. The number of pyridine rings is 1. The molecule has 1 aliphatic rings. The van der Waals surface area contributed by atoms with Gasteiger partial charge in [-0.25, -0.2) is 0 Å². The molecule has 2 aromatic heterocycles. The number of aromatic nitrogens is 3. The van der Waals surface area contributed by atoms with Crippen molar-refractivity contribution in [2.24, 2.45) is 0 Å². The Kier molecular flexibility index (Phi) is 4.40. The van der Waals surface area contributed by atoms with E-state index in [9.17, 15) is 0 Å². The zero-order chi connectivity index (χ0) is 14.5. The first-order valence-corrected chi connectivity index (χ1v) is 7.48. The second-order valence-electron chi connectivity index (χ2n) is 5.53. The van der Waals surface area contributed by atoms with Gasteiger partial charge in [0.15, 0.2) is 5.82 Å². The third-order valence-electron chi connectivity index (χ3n) is 3.68. The zero-order valence-corrected chi connectivity index (χ0v) is 12.4. The van der Waals surface area contributed by atoms with E-state index in [0.717, 1.165) is 36.7 Å². The fourth-order valence-electron chi connectivity index (χ4n) is 2.13. The van der Waals surface area contributed by atoms with E-state index in [4.69, 9.17) is 0 Å². The summed E-state index contributed by atoms with van der Waals surface area (Å²) in [6, 6.07) is 10.8. The van der Waals surface area contributed by atoms with Gasteiger partial charge < -0.3 is 10.2 Å². The molecule has 1 saturated carbocycles. The zero-order valence-electron chi connectivity index (χ0n) is 12.4. The van der Waals surface area contributed by atoms with Crippen molar-refractivity contribution in [2.45, 2.75) is 31.8 Å². The molecule has 2 aromatic rings.